The van der Waals surface area contributed by atoms with Crippen LogP contribution in [0.2, 0.25) is 25.7 Å². The maximum atomic E-state index is 5.14. The minimum Gasteiger partial charge on any atom is -0.368 e. The standard InChI is InChI=1S/C8H16OSi/c1-7(8-5-9-8)6-10(2,3)4/h8H,1,5-6H2,2-4H3/t8-/m1/s1. The molecule has 1 saturated heterocycles. The molecule has 0 aliphatic carbocycles. The first-order valence-electron chi connectivity index (χ1n) is 3.78. The van der Waals surface area contributed by atoms with Gasteiger partial charge in [0.2, 0.25) is 0 Å². The Hall–Kier alpha value is -0.0831. The van der Waals surface area contributed by atoms with E-state index < -0.39 is 8.07 Å². The summed E-state index contributed by atoms with van der Waals surface area (Å²) in [6.07, 6.45) is 0.423. The minimum atomic E-state index is -0.923. The van der Waals surface area contributed by atoms with Crippen LogP contribution in [0.25, 0.3) is 0 Å². The predicted octanol–water partition coefficient (Wildman–Crippen LogP) is 2.28. The van der Waals surface area contributed by atoms with Gasteiger partial charge in [-0.2, -0.15) is 0 Å². The topological polar surface area (TPSA) is 12.5 Å². The van der Waals surface area contributed by atoms with Crippen LogP contribution >= 0.6 is 0 Å². The summed E-state index contributed by atoms with van der Waals surface area (Å²) in [5.74, 6) is 0. The van der Waals surface area contributed by atoms with Gasteiger partial charge in [0.1, 0.15) is 6.10 Å². The van der Waals surface area contributed by atoms with Crippen LogP contribution in [-0.4, -0.2) is 20.8 Å². The Kier molecular flexibility index (Phi) is 2.01. The monoisotopic (exact) mass is 156 g/mol. The van der Waals surface area contributed by atoms with Crippen LogP contribution in [0.15, 0.2) is 12.2 Å². The van der Waals surface area contributed by atoms with Crippen molar-refractivity contribution in [2.24, 2.45) is 0 Å². The van der Waals surface area contributed by atoms with Gasteiger partial charge in [-0.3, -0.25) is 0 Å². The maximum absolute atomic E-state index is 5.14. The van der Waals surface area contributed by atoms with Crippen molar-refractivity contribution in [2.75, 3.05) is 6.61 Å². The van der Waals surface area contributed by atoms with Gasteiger partial charge in [-0.05, 0) is 11.6 Å². The number of hydrogen-bond acceptors (Lipinski definition) is 1. The smallest absolute Gasteiger partial charge is 0.101 e. The van der Waals surface area contributed by atoms with Crippen molar-refractivity contribution in [3.8, 4) is 0 Å². The van der Waals surface area contributed by atoms with E-state index in [4.69, 9.17) is 4.74 Å². The summed E-state index contributed by atoms with van der Waals surface area (Å²) in [6.45, 7) is 12.0. The molecule has 0 aromatic carbocycles. The van der Waals surface area contributed by atoms with Gasteiger partial charge in [0.15, 0.2) is 0 Å². The van der Waals surface area contributed by atoms with Crippen LogP contribution in [0.3, 0.4) is 0 Å². The van der Waals surface area contributed by atoms with Crippen LogP contribution in [0.5, 0.6) is 0 Å². The summed E-state index contributed by atoms with van der Waals surface area (Å²) < 4.78 is 5.14. The molecule has 0 radical (unpaired) electrons. The summed E-state index contributed by atoms with van der Waals surface area (Å²) in [5, 5.41) is 0. The summed E-state index contributed by atoms with van der Waals surface area (Å²) >= 11 is 0. The van der Waals surface area contributed by atoms with Crippen LogP contribution in [0.4, 0.5) is 0 Å². The van der Waals surface area contributed by atoms with Crippen molar-refractivity contribution in [3.05, 3.63) is 12.2 Å². The molecule has 1 atom stereocenters. The molecule has 0 amide bonds. The third-order valence-electron chi connectivity index (χ3n) is 1.55. The summed E-state index contributed by atoms with van der Waals surface area (Å²) in [7, 11) is -0.923. The van der Waals surface area contributed by atoms with Gasteiger partial charge in [-0.1, -0.05) is 26.2 Å². The van der Waals surface area contributed by atoms with Crippen LogP contribution in [-0.2, 0) is 4.74 Å². The lowest BCUT2D eigenvalue weighted by Gasteiger charge is -2.15. The molecule has 1 fully saturated rings. The molecule has 1 nitrogen and oxygen atoms in total. The van der Waals surface area contributed by atoms with Crippen LogP contribution in [0.1, 0.15) is 0 Å². The van der Waals surface area contributed by atoms with Crippen LogP contribution < -0.4 is 0 Å². The second-order valence-electron chi connectivity index (χ2n) is 4.22. The van der Waals surface area contributed by atoms with Gasteiger partial charge >= 0.3 is 0 Å². The molecule has 1 rings (SSSR count). The second-order valence-corrected chi connectivity index (χ2v) is 9.69. The average Bonchev–Trinajstić information content (AvgIpc) is 2.35. The first-order valence-corrected chi connectivity index (χ1v) is 7.49. The highest BCUT2D eigenvalue weighted by molar-refractivity contribution is 6.76. The molecule has 1 aliphatic heterocycles. The Balaban J connectivity index is 2.30. The van der Waals surface area contributed by atoms with E-state index in [9.17, 15) is 0 Å². The van der Waals surface area contributed by atoms with Gasteiger partial charge in [0.05, 0.1) is 6.61 Å². The number of ether oxygens (including phenoxy) is 1. The van der Waals surface area contributed by atoms with Gasteiger partial charge < -0.3 is 4.74 Å². The van der Waals surface area contributed by atoms with Gasteiger partial charge in [0.25, 0.3) is 0 Å². The molecule has 2 heteroatoms. The molecule has 0 N–H and O–H groups in total. The highest BCUT2D eigenvalue weighted by Crippen LogP contribution is 2.25. The molecule has 0 aromatic heterocycles. The molecular formula is C8H16OSi. The Labute approximate surface area is 64.1 Å². The first-order chi connectivity index (χ1) is 4.49. The quantitative estimate of drug-likeness (QED) is 0.347. The van der Waals surface area contributed by atoms with Crippen molar-refractivity contribution in [2.45, 2.75) is 31.8 Å². The van der Waals surface area contributed by atoms with Crippen molar-refractivity contribution in [1.82, 2.24) is 0 Å². The predicted molar refractivity (Wildman–Crippen MR) is 47.0 cm³/mol. The lowest BCUT2D eigenvalue weighted by atomic mass is 10.3. The average molecular weight is 156 g/mol. The fourth-order valence-corrected chi connectivity index (χ4v) is 2.67. The molecular weight excluding hydrogens is 140 g/mol. The van der Waals surface area contributed by atoms with Crippen molar-refractivity contribution < 1.29 is 4.74 Å². The highest BCUT2D eigenvalue weighted by atomic mass is 28.3. The number of epoxide rings is 1. The molecule has 1 aliphatic rings. The van der Waals surface area contributed by atoms with E-state index in [2.05, 4.69) is 26.2 Å². The summed E-state index contributed by atoms with van der Waals surface area (Å²) in [5.41, 5.74) is 1.32. The first kappa shape index (κ1) is 8.02. The Morgan fingerprint density at radius 1 is 1.60 bits per heavy atom. The maximum Gasteiger partial charge on any atom is 0.101 e. The van der Waals surface area contributed by atoms with E-state index in [1.807, 2.05) is 0 Å². The van der Waals surface area contributed by atoms with E-state index in [1.165, 1.54) is 11.6 Å². The van der Waals surface area contributed by atoms with E-state index in [0.717, 1.165) is 6.61 Å². The van der Waals surface area contributed by atoms with E-state index in [0.29, 0.717) is 6.10 Å². The van der Waals surface area contributed by atoms with Gasteiger partial charge in [0, 0.05) is 8.07 Å². The van der Waals surface area contributed by atoms with E-state index >= 15 is 0 Å². The molecule has 0 aromatic rings. The number of hydrogen-bond donors (Lipinski definition) is 0. The molecule has 58 valence electrons. The lowest BCUT2D eigenvalue weighted by molar-refractivity contribution is 0.432. The Morgan fingerprint density at radius 3 is 2.40 bits per heavy atom. The lowest BCUT2D eigenvalue weighted by Crippen LogP contribution is -2.20. The molecule has 0 spiro atoms. The Morgan fingerprint density at radius 2 is 2.10 bits per heavy atom. The van der Waals surface area contributed by atoms with Gasteiger partial charge in [-0.25, -0.2) is 0 Å². The van der Waals surface area contributed by atoms with Gasteiger partial charge in [-0.15, -0.1) is 0 Å². The minimum absolute atomic E-state index is 0.423. The zero-order valence-electron chi connectivity index (χ0n) is 7.11. The fourth-order valence-electron chi connectivity index (χ4n) is 1.08. The zero-order chi connectivity index (χ0) is 7.78. The normalized spacial score (nSPS) is 24.5. The molecule has 10 heavy (non-hydrogen) atoms. The van der Waals surface area contributed by atoms with E-state index in [-0.39, 0.29) is 0 Å². The largest absolute Gasteiger partial charge is 0.368 e. The molecule has 1 heterocycles. The van der Waals surface area contributed by atoms with Crippen LogP contribution in [0, 0.1) is 0 Å². The van der Waals surface area contributed by atoms with E-state index in [1.54, 1.807) is 0 Å². The molecule has 0 bridgehead atoms. The third-order valence-corrected chi connectivity index (χ3v) is 3.06. The zero-order valence-corrected chi connectivity index (χ0v) is 8.11. The Bertz CT molecular complexity index is 142. The van der Waals surface area contributed by atoms with Crippen molar-refractivity contribution in [3.63, 3.8) is 0 Å². The van der Waals surface area contributed by atoms with Crippen molar-refractivity contribution in [1.29, 1.82) is 0 Å². The number of rotatable bonds is 3. The SMILES string of the molecule is C=C(C[Si](C)(C)C)[C@H]1CO1. The second kappa shape index (κ2) is 2.51. The summed E-state index contributed by atoms with van der Waals surface area (Å²) in [4.78, 5) is 0. The highest BCUT2D eigenvalue weighted by Gasteiger charge is 2.28. The fraction of sp³-hybridized carbons (Fsp3) is 0.750. The molecule has 0 unspecified atom stereocenters. The third kappa shape index (κ3) is 2.67. The van der Waals surface area contributed by atoms with Crippen molar-refractivity contribution >= 4 is 8.07 Å². The summed E-state index contributed by atoms with van der Waals surface area (Å²) in [6, 6.07) is 1.22. The molecule has 0 saturated carbocycles.